The average Bonchev–Trinajstić information content (AvgIpc) is 2.85. The zero-order valence-corrected chi connectivity index (χ0v) is 12.6. The van der Waals surface area contributed by atoms with Crippen molar-refractivity contribution >= 4 is 29.1 Å². The summed E-state index contributed by atoms with van der Waals surface area (Å²) in [6.45, 7) is 3.19. The van der Waals surface area contributed by atoms with Crippen LogP contribution in [0.5, 0.6) is 0 Å². The van der Waals surface area contributed by atoms with E-state index < -0.39 is 0 Å². The lowest BCUT2D eigenvalue weighted by Crippen LogP contribution is -2.16. The summed E-state index contributed by atoms with van der Waals surface area (Å²) >= 11 is 1.38. The normalized spacial score (nSPS) is 10.4. The van der Waals surface area contributed by atoms with Crippen LogP contribution in [0.4, 0.5) is 5.69 Å². The van der Waals surface area contributed by atoms with Crippen molar-refractivity contribution in [3.8, 4) is 0 Å². The fraction of sp³-hybridized carbons (Fsp3) is 0.286. The highest BCUT2D eigenvalue weighted by Crippen LogP contribution is 2.16. The molecule has 0 spiro atoms. The minimum Gasteiger partial charge on any atom is -0.340 e. The summed E-state index contributed by atoms with van der Waals surface area (Å²) in [4.78, 5) is 27.4. The maximum atomic E-state index is 11.9. The van der Waals surface area contributed by atoms with Gasteiger partial charge in [-0.05, 0) is 19.1 Å². The molecule has 1 aromatic heterocycles. The van der Waals surface area contributed by atoms with Gasteiger partial charge in [-0.2, -0.15) is 4.98 Å². The summed E-state index contributed by atoms with van der Waals surface area (Å²) in [6.07, 6.45) is 0. The van der Waals surface area contributed by atoms with Crippen molar-refractivity contribution in [1.82, 2.24) is 10.1 Å². The summed E-state index contributed by atoms with van der Waals surface area (Å²) in [7, 11) is 0. The van der Waals surface area contributed by atoms with E-state index in [1.165, 1.54) is 18.7 Å². The topological polar surface area (TPSA) is 85.1 Å². The maximum absolute atomic E-state index is 11.9. The van der Waals surface area contributed by atoms with Gasteiger partial charge < -0.3 is 9.84 Å². The molecular weight excluding hydrogens is 290 g/mol. The zero-order valence-electron chi connectivity index (χ0n) is 11.8. The van der Waals surface area contributed by atoms with Crippen molar-refractivity contribution in [2.45, 2.75) is 19.6 Å². The highest BCUT2D eigenvalue weighted by atomic mass is 32.2. The van der Waals surface area contributed by atoms with Crippen molar-refractivity contribution in [1.29, 1.82) is 0 Å². The third-order valence-corrected chi connectivity index (χ3v) is 3.54. The molecule has 2 aromatic rings. The number of rotatable bonds is 6. The number of aromatic nitrogens is 2. The minimum absolute atomic E-state index is 0.0826. The number of carbonyl (C=O) groups is 2. The Kier molecular flexibility index (Phi) is 5.10. The number of para-hydroxylation sites is 1. The van der Waals surface area contributed by atoms with Crippen LogP contribution in [0.2, 0.25) is 0 Å². The summed E-state index contributed by atoms with van der Waals surface area (Å²) in [6, 6.07) is 6.94. The molecule has 1 aromatic carbocycles. The number of nitrogens with one attached hydrogen (secondary N) is 1. The molecule has 0 saturated carbocycles. The van der Waals surface area contributed by atoms with Crippen LogP contribution in [0.15, 0.2) is 28.8 Å². The predicted molar refractivity (Wildman–Crippen MR) is 80.3 cm³/mol. The Morgan fingerprint density at radius 1 is 1.33 bits per heavy atom. The van der Waals surface area contributed by atoms with E-state index in [4.69, 9.17) is 4.52 Å². The Bertz CT molecular complexity index is 654. The van der Waals surface area contributed by atoms with Crippen LogP contribution in [0.1, 0.15) is 29.0 Å². The van der Waals surface area contributed by atoms with Crippen LogP contribution in [-0.4, -0.2) is 27.6 Å². The van der Waals surface area contributed by atoms with Crippen LogP contribution < -0.4 is 5.32 Å². The van der Waals surface area contributed by atoms with Gasteiger partial charge in [0.05, 0.1) is 17.2 Å². The standard InChI is InChI=1S/C14H15N3O3S/c1-9(18)11-5-3-4-6-12(11)16-14(19)8-21-7-13-15-10(2)20-17-13/h3-6H,7-8H2,1-2H3,(H,16,19). The fourth-order valence-corrected chi connectivity index (χ4v) is 2.38. The van der Waals surface area contributed by atoms with Crippen LogP contribution in [0.3, 0.4) is 0 Å². The van der Waals surface area contributed by atoms with Gasteiger partial charge in [-0.3, -0.25) is 9.59 Å². The Morgan fingerprint density at radius 2 is 2.10 bits per heavy atom. The number of ketones is 1. The van der Waals surface area contributed by atoms with Gasteiger partial charge in [0.15, 0.2) is 11.6 Å². The molecule has 0 atom stereocenters. The molecule has 0 unspecified atom stereocenters. The molecular formula is C14H15N3O3S. The first-order valence-corrected chi connectivity index (χ1v) is 7.48. The largest absolute Gasteiger partial charge is 0.340 e. The Balaban J connectivity index is 1.86. The second-order valence-corrected chi connectivity index (χ2v) is 5.36. The van der Waals surface area contributed by atoms with E-state index >= 15 is 0 Å². The van der Waals surface area contributed by atoms with Gasteiger partial charge in [0.2, 0.25) is 11.8 Å². The van der Waals surface area contributed by atoms with E-state index in [0.717, 1.165) is 0 Å². The molecule has 0 aliphatic carbocycles. The number of thioether (sulfide) groups is 1. The van der Waals surface area contributed by atoms with E-state index in [9.17, 15) is 9.59 Å². The summed E-state index contributed by atoms with van der Waals surface area (Å²) in [5.74, 6) is 1.56. The molecule has 1 heterocycles. The number of amides is 1. The van der Waals surface area contributed by atoms with Crippen molar-refractivity contribution in [2.75, 3.05) is 11.1 Å². The van der Waals surface area contributed by atoms with Crippen LogP contribution in [0, 0.1) is 6.92 Å². The lowest BCUT2D eigenvalue weighted by molar-refractivity contribution is -0.113. The van der Waals surface area contributed by atoms with Crippen LogP contribution in [-0.2, 0) is 10.5 Å². The third kappa shape index (κ3) is 4.42. The second kappa shape index (κ2) is 7.03. The molecule has 0 radical (unpaired) electrons. The molecule has 0 fully saturated rings. The number of nitrogens with zero attached hydrogens (tertiary/aromatic N) is 2. The molecule has 0 aliphatic rings. The first kappa shape index (κ1) is 15.2. The van der Waals surface area contributed by atoms with E-state index in [0.29, 0.717) is 28.7 Å². The minimum atomic E-state index is -0.172. The molecule has 0 aliphatic heterocycles. The van der Waals surface area contributed by atoms with Gasteiger partial charge in [-0.25, -0.2) is 0 Å². The van der Waals surface area contributed by atoms with Gasteiger partial charge in [-0.1, -0.05) is 17.3 Å². The van der Waals surface area contributed by atoms with Crippen LogP contribution in [0.25, 0.3) is 0 Å². The number of carbonyl (C=O) groups excluding carboxylic acids is 2. The van der Waals surface area contributed by atoms with Crippen LogP contribution >= 0.6 is 11.8 Å². The van der Waals surface area contributed by atoms with Crippen molar-refractivity contribution < 1.29 is 14.1 Å². The maximum Gasteiger partial charge on any atom is 0.234 e. The molecule has 2 rings (SSSR count). The Morgan fingerprint density at radius 3 is 2.76 bits per heavy atom. The van der Waals surface area contributed by atoms with Crippen molar-refractivity contribution in [3.63, 3.8) is 0 Å². The number of hydrogen-bond acceptors (Lipinski definition) is 6. The van der Waals surface area contributed by atoms with E-state index in [-0.39, 0.29) is 17.4 Å². The first-order valence-electron chi connectivity index (χ1n) is 6.33. The number of Topliss-reactive ketones (excluding diaryl/α,β-unsaturated/α-hetero) is 1. The molecule has 1 amide bonds. The van der Waals surface area contributed by atoms with Gasteiger partial charge in [0, 0.05) is 12.5 Å². The van der Waals surface area contributed by atoms with Gasteiger partial charge >= 0.3 is 0 Å². The highest BCUT2D eigenvalue weighted by Gasteiger charge is 2.10. The zero-order chi connectivity index (χ0) is 15.2. The SMILES string of the molecule is CC(=O)c1ccccc1NC(=O)CSCc1noc(C)n1. The van der Waals surface area contributed by atoms with E-state index in [1.54, 1.807) is 31.2 Å². The first-order chi connectivity index (χ1) is 10.1. The van der Waals surface area contributed by atoms with Crippen molar-refractivity contribution in [2.24, 2.45) is 0 Å². The fourth-order valence-electron chi connectivity index (χ4n) is 1.72. The number of aryl methyl sites for hydroxylation is 1. The molecule has 110 valence electrons. The quantitative estimate of drug-likeness (QED) is 0.825. The molecule has 21 heavy (non-hydrogen) atoms. The Labute approximate surface area is 126 Å². The number of hydrogen-bond donors (Lipinski definition) is 1. The molecule has 0 saturated heterocycles. The highest BCUT2D eigenvalue weighted by molar-refractivity contribution is 7.99. The number of anilines is 1. The van der Waals surface area contributed by atoms with Gasteiger partial charge in [0.25, 0.3) is 0 Å². The van der Waals surface area contributed by atoms with E-state index in [2.05, 4.69) is 15.5 Å². The molecule has 0 bridgehead atoms. The van der Waals surface area contributed by atoms with Gasteiger partial charge in [0.1, 0.15) is 0 Å². The molecule has 7 heteroatoms. The monoisotopic (exact) mass is 305 g/mol. The predicted octanol–water partition coefficient (Wildman–Crippen LogP) is 2.45. The second-order valence-electron chi connectivity index (χ2n) is 4.37. The van der Waals surface area contributed by atoms with E-state index in [1.807, 2.05) is 0 Å². The lowest BCUT2D eigenvalue weighted by Gasteiger charge is -2.08. The summed E-state index contributed by atoms with van der Waals surface area (Å²) in [5, 5.41) is 6.49. The average molecular weight is 305 g/mol. The lowest BCUT2D eigenvalue weighted by atomic mass is 10.1. The summed E-state index contributed by atoms with van der Waals surface area (Å²) < 4.78 is 4.85. The molecule has 1 N–H and O–H groups in total. The molecule has 6 nitrogen and oxygen atoms in total. The number of benzene rings is 1. The smallest absolute Gasteiger partial charge is 0.234 e. The third-order valence-electron chi connectivity index (χ3n) is 2.61. The van der Waals surface area contributed by atoms with Gasteiger partial charge in [-0.15, -0.1) is 11.8 Å². The van der Waals surface area contributed by atoms with Crippen molar-refractivity contribution in [3.05, 3.63) is 41.5 Å². The summed E-state index contributed by atoms with van der Waals surface area (Å²) in [5.41, 5.74) is 1.04. The Hall–Kier alpha value is -2.15.